The lowest BCUT2D eigenvalue weighted by molar-refractivity contribution is -0.154. The van der Waals surface area contributed by atoms with Crippen LogP contribution in [0.4, 0.5) is 13.2 Å². The summed E-state index contributed by atoms with van der Waals surface area (Å²) in [5, 5.41) is 12.3. The van der Waals surface area contributed by atoms with Crippen molar-refractivity contribution >= 4 is 11.9 Å². The fraction of sp³-hybridized carbons (Fsp3) is 0.316. The number of nitrogens with zero attached hydrogens (tertiary/aromatic N) is 1. The number of rotatable bonds is 8. The number of carbonyl (C=O) groups is 2. The Balaban J connectivity index is 2.21. The van der Waals surface area contributed by atoms with Crippen LogP contribution < -0.4 is 10.1 Å². The van der Waals surface area contributed by atoms with E-state index in [1.807, 2.05) is 0 Å². The minimum Gasteiger partial charge on any atom is -0.481 e. The Kier molecular flexibility index (Phi) is 6.61. The van der Waals surface area contributed by atoms with Crippen molar-refractivity contribution in [1.82, 2.24) is 10.3 Å². The molecule has 6 nitrogen and oxygen atoms in total. The van der Waals surface area contributed by atoms with Gasteiger partial charge in [0.15, 0.2) is 6.61 Å². The number of pyridine rings is 1. The summed E-state index contributed by atoms with van der Waals surface area (Å²) >= 11 is 0. The van der Waals surface area contributed by atoms with Crippen LogP contribution in [-0.2, 0) is 10.2 Å². The Bertz CT molecular complexity index is 827. The summed E-state index contributed by atoms with van der Waals surface area (Å²) in [6, 6.07) is 11.0. The SMILES string of the molecule is CCC(CNC(=O)c1cccnc1OCC(F)(F)F)(C(=O)O)c1ccccc1. The van der Waals surface area contributed by atoms with Gasteiger partial charge in [0.05, 0.1) is 0 Å². The molecule has 2 aromatic rings. The van der Waals surface area contributed by atoms with Gasteiger partial charge in [0, 0.05) is 12.7 Å². The Morgan fingerprint density at radius 2 is 1.82 bits per heavy atom. The molecule has 1 aromatic carbocycles. The number of carboxylic acid groups (broad SMARTS) is 1. The van der Waals surface area contributed by atoms with Crippen LogP contribution in [0.3, 0.4) is 0 Å². The molecule has 0 spiro atoms. The number of alkyl halides is 3. The highest BCUT2D eigenvalue weighted by atomic mass is 19.4. The molecule has 1 unspecified atom stereocenters. The molecule has 0 bridgehead atoms. The molecule has 1 atom stereocenters. The van der Waals surface area contributed by atoms with Gasteiger partial charge in [0.25, 0.3) is 5.91 Å². The van der Waals surface area contributed by atoms with Crippen LogP contribution in [0, 0.1) is 0 Å². The number of halogens is 3. The number of carboxylic acids is 1. The van der Waals surface area contributed by atoms with Gasteiger partial charge in [-0.15, -0.1) is 0 Å². The molecule has 150 valence electrons. The number of hydrogen-bond acceptors (Lipinski definition) is 4. The largest absolute Gasteiger partial charge is 0.481 e. The summed E-state index contributed by atoms with van der Waals surface area (Å²) in [5.41, 5.74) is -1.09. The summed E-state index contributed by atoms with van der Waals surface area (Å²) in [5.74, 6) is -2.38. The van der Waals surface area contributed by atoms with Crippen LogP contribution in [0.2, 0.25) is 0 Å². The van der Waals surface area contributed by atoms with E-state index in [1.165, 1.54) is 18.3 Å². The van der Waals surface area contributed by atoms with Gasteiger partial charge in [-0.05, 0) is 24.1 Å². The first kappa shape index (κ1) is 21.2. The van der Waals surface area contributed by atoms with Crippen LogP contribution >= 0.6 is 0 Å². The monoisotopic (exact) mass is 396 g/mol. The number of ether oxygens (including phenoxy) is 1. The molecule has 0 aliphatic heterocycles. The van der Waals surface area contributed by atoms with Crippen molar-refractivity contribution in [2.75, 3.05) is 13.2 Å². The highest BCUT2D eigenvalue weighted by molar-refractivity contribution is 5.97. The fourth-order valence-corrected chi connectivity index (χ4v) is 2.69. The van der Waals surface area contributed by atoms with Crippen molar-refractivity contribution in [3.63, 3.8) is 0 Å². The fourth-order valence-electron chi connectivity index (χ4n) is 2.69. The van der Waals surface area contributed by atoms with Gasteiger partial charge in [-0.25, -0.2) is 4.98 Å². The van der Waals surface area contributed by atoms with Crippen LogP contribution in [0.15, 0.2) is 48.7 Å². The van der Waals surface area contributed by atoms with Crippen LogP contribution in [0.5, 0.6) is 5.88 Å². The van der Waals surface area contributed by atoms with Gasteiger partial charge in [0.2, 0.25) is 5.88 Å². The van der Waals surface area contributed by atoms with Crippen LogP contribution in [0.25, 0.3) is 0 Å². The first-order valence-electron chi connectivity index (χ1n) is 8.41. The Morgan fingerprint density at radius 3 is 2.39 bits per heavy atom. The predicted octanol–water partition coefficient (Wildman–Crippen LogP) is 3.19. The van der Waals surface area contributed by atoms with Gasteiger partial charge < -0.3 is 15.2 Å². The maximum atomic E-state index is 12.5. The molecule has 28 heavy (non-hydrogen) atoms. The molecule has 9 heteroatoms. The maximum absolute atomic E-state index is 12.5. The van der Waals surface area contributed by atoms with Gasteiger partial charge in [-0.3, -0.25) is 9.59 Å². The zero-order valence-corrected chi connectivity index (χ0v) is 15.0. The Morgan fingerprint density at radius 1 is 1.14 bits per heavy atom. The molecular formula is C19H19F3N2O4. The normalized spacial score (nSPS) is 13.4. The van der Waals surface area contributed by atoms with E-state index in [0.29, 0.717) is 5.56 Å². The summed E-state index contributed by atoms with van der Waals surface area (Å²) < 4.78 is 41.7. The van der Waals surface area contributed by atoms with Gasteiger partial charge in [-0.2, -0.15) is 13.2 Å². The van der Waals surface area contributed by atoms with Crippen molar-refractivity contribution in [3.05, 3.63) is 59.8 Å². The summed E-state index contributed by atoms with van der Waals surface area (Å²) in [4.78, 5) is 28.1. The van der Waals surface area contributed by atoms with E-state index in [-0.39, 0.29) is 18.5 Å². The molecule has 0 radical (unpaired) electrons. The molecule has 0 saturated carbocycles. The first-order chi connectivity index (χ1) is 13.2. The Labute approximate surface area is 159 Å². The van der Waals surface area contributed by atoms with E-state index in [2.05, 4.69) is 15.0 Å². The number of benzene rings is 1. The average Bonchev–Trinajstić information content (AvgIpc) is 2.67. The minimum absolute atomic E-state index is 0.192. The second-order valence-electron chi connectivity index (χ2n) is 6.05. The molecule has 2 N–H and O–H groups in total. The lowest BCUT2D eigenvalue weighted by atomic mass is 9.78. The summed E-state index contributed by atoms with van der Waals surface area (Å²) in [6.07, 6.45) is -3.20. The Hall–Kier alpha value is -3.10. The third-order valence-corrected chi connectivity index (χ3v) is 4.28. The standard InChI is InChI=1S/C19H19F3N2O4/c1-2-18(17(26)27,13-7-4-3-5-8-13)11-24-15(25)14-9-6-10-23-16(14)28-12-19(20,21)22/h3-10H,2,11-12H2,1H3,(H,24,25)(H,26,27). The molecule has 1 aromatic heterocycles. The van der Waals surface area contributed by atoms with Gasteiger partial charge in [-0.1, -0.05) is 37.3 Å². The predicted molar refractivity (Wildman–Crippen MR) is 94.2 cm³/mol. The first-order valence-corrected chi connectivity index (χ1v) is 8.41. The highest BCUT2D eigenvalue weighted by Crippen LogP contribution is 2.28. The van der Waals surface area contributed by atoms with Crippen molar-refractivity contribution in [2.45, 2.75) is 24.9 Å². The quantitative estimate of drug-likeness (QED) is 0.716. The van der Waals surface area contributed by atoms with E-state index >= 15 is 0 Å². The van der Waals surface area contributed by atoms with E-state index in [0.717, 1.165) is 0 Å². The molecule has 0 aliphatic rings. The number of nitrogens with one attached hydrogen (secondary N) is 1. The number of carbonyl (C=O) groups excluding carboxylic acids is 1. The second-order valence-corrected chi connectivity index (χ2v) is 6.05. The molecular weight excluding hydrogens is 377 g/mol. The molecule has 1 amide bonds. The number of aromatic nitrogens is 1. The lowest BCUT2D eigenvalue weighted by Crippen LogP contribution is -2.46. The molecule has 0 saturated heterocycles. The van der Waals surface area contributed by atoms with E-state index in [4.69, 9.17) is 0 Å². The third-order valence-electron chi connectivity index (χ3n) is 4.28. The van der Waals surface area contributed by atoms with Gasteiger partial charge >= 0.3 is 12.1 Å². The molecule has 0 aliphatic carbocycles. The zero-order valence-electron chi connectivity index (χ0n) is 15.0. The van der Waals surface area contributed by atoms with Gasteiger partial charge in [0.1, 0.15) is 11.0 Å². The minimum atomic E-state index is -4.58. The number of aliphatic carboxylic acids is 1. The van der Waals surface area contributed by atoms with E-state index in [1.54, 1.807) is 37.3 Å². The number of amides is 1. The molecule has 0 fully saturated rings. The zero-order chi connectivity index (χ0) is 20.8. The van der Waals surface area contributed by atoms with Crippen molar-refractivity contribution in [1.29, 1.82) is 0 Å². The van der Waals surface area contributed by atoms with E-state index in [9.17, 15) is 27.9 Å². The van der Waals surface area contributed by atoms with Crippen LogP contribution in [-0.4, -0.2) is 41.3 Å². The second kappa shape index (κ2) is 8.73. The third kappa shape index (κ3) is 4.99. The topological polar surface area (TPSA) is 88.5 Å². The summed E-state index contributed by atoms with van der Waals surface area (Å²) in [7, 11) is 0. The average molecular weight is 396 g/mol. The summed E-state index contributed by atoms with van der Waals surface area (Å²) in [6.45, 7) is -0.174. The van der Waals surface area contributed by atoms with Crippen molar-refractivity contribution in [3.8, 4) is 5.88 Å². The number of hydrogen-bond donors (Lipinski definition) is 2. The van der Waals surface area contributed by atoms with E-state index < -0.39 is 36.0 Å². The highest BCUT2D eigenvalue weighted by Gasteiger charge is 2.39. The van der Waals surface area contributed by atoms with Crippen LogP contribution in [0.1, 0.15) is 29.3 Å². The molecule has 2 rings (SSSR count). The maximum Gasteiger partial charge on any atom is 0.422 e. The van der Waals surface area contributed by atoms with Crippen molar-refractivity contribution < 1.29 is 32.6 Å². The van der Waals surface area contributed by atoms with Crippen molar-refractivity contribution in [2.24, 2.45) is 0 Å². The smallest absolute Gasteiger partial charge is 0.422 e. The molecule has 1 heterocycles. The lowest BCUT2D eigenvalue weighted by Gasteiger charge is -2.29.